The Kier molecular flexibility index (Phi) is 7.68. The Bertz CT molecular complexity index is 863. The van der Waals surface area contributed by atoms with Crippen molar-refractivity contribution in [3.63, 3.8) is 0 Å². The number of anilines is 2. The molecule has 3 rings (SSSR count). The molecule has 30 heavy (non-hydrogen) atoms. The summed E-state index contributed by atoms with van der Waals surface area (Å²) in [5.74, 6) is 0.965. The van der Waals surface area contributed by atoms with E-state index in [0.29, 0.717) is 50.1 Å². The maximum Gasteiger partial charge on any atom is 0.254 e. The molecule has 160 valence electrons. The van der Waals surface area contributed by atoms with Crippen molar-refractivity contribution in [1.29, 1.82) is 0 Å². The molecule has 7 nitrogen and oxygen atoms in total. The van der Waals surface area contributed by atoms with E-state index in [1.54, 1.807) is 29.2 Å². The second-order valence-electron chi connectivity index (χ2n) is 7.62. The highest BCUT2D eigenvalue weighted by Crippen LogP contribution is 2.18. The van der Waals surface area contributed by atoms with Gasteiger partial charge in [-0.3, -0.25) is 9.59 Å². The molecule has 2 N–H and O–H groups in total. The van der Waals surface area contributed by atoms with Gasteiger partial charge in [0.25, 0.3) is 5.91 Å². The number of nitrogens with zero attached hydrogens (tertiary/aromatic N) is 1. The van der Waals surface area contributed by atoms with Gasteiger partial charge < -0.3 is 25.0 Å². The van der Waals surface area contributed by atoms with E-state index in [9.17, 15) is 9.59 Å². The van der Waals surface area contributed by atoms with Crippen molar-refractivity contribution in [3.05, 3.63) is 54.1 Å². The first-order chi connectivity index (χ1) is 14.5. The SMILES string of the molecule is CC(C)COc1cccc(NCC(=O)Nc2cccc(C(=O)N3CCOCC3)c2)c1. The van der Waals surface area contributed by atoms with Crippen LogP contribution < -0.4 is 15.4 Å². The molecular formula is C23H29N3O4. The Morgan fingerprint density at radius 2 is 1.80 bits per heavy atom. The molecule has 0 aromatic heterocycles. The van der Waals surface area contributed by atoms with E-state index in [1.807, 2.05) is 24.3 Å². The third kappa shape index (κ3) is 6.49. The minimum atomic E-state index is -0.195. The summed E-state index contributed by atoms with van der Waals surface area (Å²) in [5.41, 5.74) is 1.95. The van der Waals surface area contributed by atoms with E-state index in [4.69, 9.17) is 9.47 Å². The number of carbonyl (C=O) groups excluding carboxylic acids is 2. The first kappa shape index (κ1) is 21.6. The van der Waals surface area contributed by atoms with Crippen molar-refractivity contribution in [1.82, 2.24) is 4.90 Å². The van der Waals surface area contributed by atoms with Crippen LogP contribution in [-0.4, -0.2) is 56.2 Å². The standard InChI is InChI=1S/C23H29N3O4/c1-17(2)16-30-21-8-4-6-19(14-21)24-15-22(27)25-20-7-3-5-18(13-20)23(28)26-9-11-29-12-10-26/h3-8,13-14,17,24H,9-12,15-16H2,1-2H3,(H,25,27). The number of nitrogens with one attached hydrogen (secondary N) is 2. The Morgan fingerprint density at radius 3 is 2.57 bits per heavy atom. The van der Waals surface area contributed by atoms with E-state index in [2.05, 4.69) is 24.5 Å². The molecule has 1 fully saturated rings. The number of amides is 2. The molecule has 7 heteroatoms. The Labute approximate surface area is 177 Å². The molecule has 1 aliphatic rings. The van der Waals surface area contributed by atoms with Crippen LogP contribution in [0.1, 0.15) is 24.2 Å². The molecule has 1 aliphatic heterocycles. The number of hydrogen-bond acceptors (Lipinski definition) is 5. The Balaban J connectivity index is 1.52. The average molecular weight is 412 g/mol. The van der Waals surface area contributed by atoms with Crippen LogP contribution in [0.2, 0.25) is 0 Å². The summed E-state index contributed by atoms with van der Waals surface area (Å²) >= 11 is 0. The molecule has 0 spiro atoms. The number of rotatable bonds is 8. The van der Waals surface area contributed by atoms with Gasteiger partial charge in [0.05, 0.1) is 26.4 Å². The van der Waals surface area contributed by atoms with Crippen LogP contribution in [0.25, 0.3) is 0 Å². The first-order valence-corrected chi connectivity index (χ1v) is 10.2. The summed E-state index contributed by atoms with van der Waals surface area (Å²) in [4.78, 5) is 26.7. The summed E-state index contributed by atoms with van der Waals surface area (Å²) in [6, 6.07) is 14.5. The van der Waals surface area contributed by atoms with Crippen LogP contribution in [0, 0.1) is 5.92 Å². The lowest BCUT2D eigenvalue weighted by Gasteiger charge is -2.27. The molecule has 2 amide bonds. The first-order valence-electron chi connectivity index (χ1n) is 10.2. The van der Waals surface area contributed by atoms with Crippen molar-refractivity contribution >= 4 is 23.2 Å². The molecule has 0 aliphatic carbocycles. The van der Waals surface area contributed by atoms with E-state index < -0.39 is 0 Å². The Morgan fingerprint density at radius 1 is 1.07 bits per heavy atom. The second-order valence-corrected chi connectivity index (χ2v) is 7.62. The van der Waals surface area contributed by atoms with Crippen LogP contribution in [0.3, 0.4) is 0 Å². The average Bonchev–Trinajstić information content (AvgIpc) is 2.77. The summed E-state index contributed by atoms with van der Waals surface area (Å²) in [7, 11) is 0. The lowest BCUT2D eigenvalue weighted by molar-refractivity contribution is -0.114. The fourth-order valence-corrected chi connectivity index (χ4v) is 3.03. The molecule has 0 unspecified atom stereocenters. The summed E-state index contributed by atoms with van der Waals surface area (Å²) < 4.78 is 11.0. The van der Waals surface area contributed by atoms with Crippen molar-refractivity contribution in [3.8, 4) is 5.75 Å². The Hall–Kier alpha value is -3.06. The molecular weight excluding hydrogens is 382 g/mol. The van der Waals surface area contributed by atoms with Gasteiger partial charge in [-0.15, -0.1) is 0 Å². The third-order valence-corrected chi connectivity index (χ3v) is 4.56. The zero-order valence-corrected chi connectivity index (χ0v) is 17.5. The monoisotopic (exact) mass is 411 g/mol. The summed E-state index contributed by atoms with van der Waals surface area (Å²) in [6.07, 6.45) is 0. The highest BCUT2D eigenvalue weighted by atomic mass is 16.5. The molecule has 0 saturated carbocycles. The van der Waals surface area contributed by atoms with Crippen LogP contribution in [0.5, 0.6) is 5.75 Å². The summed E-state index contributed by atoms with van der Waals surface area (Å²) in [6.45, 7) is 7.21. The van der Waals surface area contributed by atoms with Gasteiger partial charge in [0.2, 0.25) is 5.91 Å². The van der Waals surface area contributed by atoms with Gasteiger partial charge in [-0.1, -0.05) is 26.0 Å². The van der Waals surface area contributed by atoms with Crippen LogP contribution >= 0.6 is 0 Å². The lowest BCUT2D eigenvalue weighted by atomic mass is 10.1. The minimum absolute atomic E-state index is 0.0502. The van der Waals surface area contributed by atoms with Crippen molar-refractivity contribution < 1.29 is 19.1 Å². The largest absolute Gasteiger partial charge is 0.493 e. The van der Waals surface area contributed by atoms with Gasteiger partial charge in [0.1, 0.15) is 5.75 Å². The molecule has 1 saturated heterocycles. The predicted octanol–water partition coefficient (Wildman–Crippen LogP) is 3.24. The van der Waals surface area contributed by atoms with Crippen LogP contribution in [0.15, 0.2) is 48.5 Å². The highest BCUT2D eigenvalue weighted by Gasteiger charge is 2.18. The van der Waals surface area contributed by atoms with Gasteiger partial charge in [-0.05, 0) is 36.2 Å². The fraction of sp³-hybridized carbons (Fsp3) is 0.391. The van der Waals surface area contributed by atoms with E-state index in [-0.39, 0.29) is 18.4 Å². The van der Waals surface area contributed by atoms with Gasteiger partial charge in [-0.2, -0.15) is 0 Å². The van der Waals surface area contributed by atoms with Crippen molar-refractivity contribution in [2.75, 3.05) is 50.1 Å². The molecule has 2 aromatic carbocycles. The quantitative estimate of drug-likeness (QED) is 0.697. The number of ether oxygens (including phenoxy) is 2. The number of benzene rings is 2. The smallest absolute Gasteiger partial charge is 0.254 e. The highest BCUT2D eigenvalue weighted by molar-refractivity contribution is 5.98. The normalized spacial score (nSPS) is 13.8. The van der Waals surface area contributed by atoms with E-state index in [0.717, 1.165) is 11.4 Å². The zero-order chi connectivity index (χ0) is 21.3. The van der Waals surface area contributed by atoms with E-state index in [1.165, 1.54) is 0 Å². The zero-order valence-electron chi connectivity index (χ0n) is 17.5. The van der Waals surface area contributed by atoms with Gasteiger partial charge in [-0.25, -0.2) is 0 Å². The second kappa shape index (κ2) is 10.6. The fourth-order valence-electron chi connectivity index (χ4n) is 3.03. The van der Waals surface area contributed by atoms with Crippen LogP contribution in [0.4, 0.5) is 11.4 Å². The molecule has 0 bridgehead atoms. The minimum Gasteiger partial charge on any atom is -0.493 e. The van der Waals surface area contributed by atoms with Gasteiger partial charge in [0.15, 0.2) is 0 Å². The molecule has 2 aromatic rings. The maximum atomic E-state index is 12.6. The topological polar surface area (TPSA) is 79.9 Å². The van der Waals surface area contributed by atoms with Gasteiger partial charge in [0, 0.05) is 36.1 Å². The molecule has 0 radical (unpaired) electrons. The van der Waals surface area contributed by atoms with E-state index >= 15 is 0 Å². The molecule has 0 atom stereocenters. The summed E-state index contributed by atoms with van der Waals surface area (Å²) in [5, 5.41) is 5.94. The van der Waals surface area contributed by atoms with Crippen LogP contribution in [-0.2, 0) is 9.53 Å². The lowest BCUT2D eigenvalue weighted by Crippen LogP contribution is -2.40. The van der Waals surface area contributed by atoms with Gasteiger partial charge >= 0.3 is 0 Å². The van der Waals surface area contributed by atoms with Crippen molar-refractivity contribution in [2.24, 2.45) is 5.92 Å². The third-order valence-electron chi connectivity index (χ3n) is 4.56. The number of morpholine rings is 1. The predicted molar refractivity (Wildman–Crippen MR) is 117 cm³/mol. The number of carbonyl (C=O) groups is 2. The van der Waals surface area contributed by atoms with Crippen molar-refractivity contribution in [2.45, 2.75) is 13.8 Å². The maximum absolute atomic E-state index is 12.6. The number of hydrogen-bond donors (Lipinski definition) is 2. The molecule has 1 heterocycles.